The quantitative estimate of drug-likeness (QED) is 0.490. The van der Waals surface area contributed by atoms with Crippen molar-refractivity contribution in [2.24, 2.45) is 0 Å². The van der Waals surface area contributed by atoms with Gasteiger partial charge in [0.25, 0.3) is 0 Å². The molecular formula is C16H14BrIO2. The number of hydrogen-bond acceptors (Lipinski definition) is 2. The summed E-state index contributed by atoms with van der Waals surface area (Å²) in [4.78, 5) is 12.6. The molecule has 0 aliphatic heterocycles. The SMILES string of the molecule is CCOc1ccc(C(=O)c2cccc(C)c2I)c(Br)c1. The molecule has 0 radical (unpaired) electrons. The van der Waals surface area contributed by atoms with Gasteiger partial charge in [0.05, 0.1) is 6.61 Å². The van der Waals surface area contributed by atoms with Gasteiger partial charge >= 0.3 is 0 Å². The van der Waals surface area contributed by atoms with Crippen LogP contribution in [0.2, 0.25) is 0 Å². The zero-order valence-electron chi connectivity index (χ0n) is 11.2. The van der Waals surface area contributed by atoms with E-state index in [1.807, 2.05) is 44.2 Å². The van der Waals surface area contributed by atoms with Crippen LogP contribution < -0.4 is 4.74 Å². The summed E-state index contributed by atoms with van der Waals surface area (Å²) < 4.78 is 7.18. The number of ketones is 1. The molecule has 0 saturated carbocycles. The fourth-order valence-corrected chi connectivity index (χ4v) is 3.05. The number of hydrogen-bond donors (Lipinski definition) is 0. The molecule has 0 aliphatic rings. The van der Waals surface area contributed by atoms with Gasteiger partial charge in [0.15, 0.2) is 5.78 Å². The number of carbonyl (C=O) groups is 1. The number of halogens is 2. The van der Waals surface area contributed by atoms with Crippen molar-refractivity contribution in [1.29, 1.82) is 0 Å². The Bertz CT molecular complexity index is 653. The molecule has 0 saturated heterocycles. The summed E-state index contributed by atoms with van der Waals surface area (Å²) >= 11 is 5.67. The summed E-state index contributed by atoms with van der Waals surface area (Å²) in [5.41, 5.74) is 2.49. The predicted octanol–water partition coefficient (Wildman–Crippen LogP) is 4.99. The lowest BCUT2D eigenvalue weighted by atomic mass is 10.0. The standard InChI is InChI=1S/C16H14BrIO2/c1-3-20-11-7-8-12(14(17)9-11)16(19)13-6-4-5-10(2)15(13)18/h4-9H,3H2,1-2H3. The molecule has 20 heavy (non-hydrogen) atoms. The van der Waals surface area contributed by atoms with Gasteiger partial charge < -0.3 is 4.74 Å². The molecule has 2 aromatic rings. The second-order valence-electron chi connectivity index (χ2n) is 4.34. The van der Waals surface area contributed by atoms with Gasteiger partial charge in [0.2, 0.25) is 0 Å². The van der Waals surface area contributed by atoms with Crippen LogP contribution in [0.4, 0.5) is 0 Å². The Morgan fingerprint density at radius 2 is 2.00 bits per heavy atom. The molecular weight excluding hydrogens is 431 g/mol. The molecule has 0 aromatic heterocycles. The summed E-state index contributed by atoms with van der Waals surface area (Å²) in [6.45, 7) is 4.55. The summed E-state index contributed by atoms with van der Waals surface area (Å²) in [6.07, 6.45) is 0. The number of benzene rings is 2. The maximum Gasteiger partial charge on any atom is 0.195 e. The number of rotatable bonds is 4. The highest BCUT2D eigenvalue weighted by Gasteiger charge is 2.16. The lowest BCUT2D eigenvalue weighted by molar-refractivity contribution is 0.103. The van der Waals surface area contributed by atoms with Gasteiger partial charge in [-0.15, -0.1) is 0 Å². The molecule has 4 heteroatoms. The monoisotopic (exact) mass is 444 g/mol. The molecule has 0 aliphatic carbocycles. The van der Waals surface area contributed by atoms with Crippen LogP contribution in [0.1, 0.15) is 28.4 Å². The van der Waals surface area contributed by atoms with E-state index in [4.69, 9.17) is 4.74 Å². The van der Waals surface area contributed by atoms with Crippen molar-refractivity contribution < 1.29 is 9.53 Å². The largest absolute Gasteiger partial charge is 0.494 e. The first-order chi connectivity index (χ1) is 9.54. The maximum absolute atomic E-state index is 12.6. The minimum absolute atomic E-state index is 0.0213. The van der Waals surface area contributed by atoms with Crippen LogP contribution in [0.15, 0.2) is 40.9 Å². The molecule has 2 aromatic carbocycles. The summed E-state index contributed by atoms with van der Waals surface area (Å²) in [5.74, 6) is 0.780. The smallest absolute Gasteiger partial charge is 0.195 e. The van der Waals surface area contributed by atoms with Gasteiger partial charge in [-0.1, -0.05) is 12.1 Å². The van der Waals surface area contributed by atoms with Crippen LogP contribution in [-0.4, -0.2) is 12.4 Å². The first-order valence-electron chi connectivity index (χ1n) is 6.26. The first-order valence-corrected chi connectivity index (χ1v) is 8.14. The third-order valence-corrected chi connectivity index (χ3v) is 5.02. The lowest BCUT2D eigenvalue weighted by Gasteiger charge is -2.09. The van der Waals surface area contributed by atoms with Gasteiger partial charge in [-0.2, -0.15) is 0 Å². The average molecular weight is 445 g/mol. The highest BCUT2D eigenvalue weighted by molar-refractivity contribution is 14.1. The van der Waals surface area contributed by atoms with E-state index in [1.54, 1.807) is 6.07 Å². The van der Waals surface area contributed by atoms with E-state index in [2.05, 4.69) is 38.5 Å². The van der Waals surface area contributed by atoms with E-state index in [9.17, 15) is 4.79 Å². The van der Waals surface area contributed by atoms with Crippen molar-refractivity contribution in [3.05, 3.63) is 61.1 Å². The highest BCUT2D eigenvalue weighted by Crippen LogP contribution is 2.27. The van der Waals surface area contributed by atoms with Crippen molar-refractivity contribution in [2.75, 3.05) is 6.61 Å². The molecule has 2 nitrogen and oxygen atoms in total. The van der Waals surface area contributed by atoms with Crippen LogP contribution in [-0.2, 0) is 0 Å². The third kappa shape index (κ3) is 3.23. The third-order valence-electron chi connectivity index (χ3n) is 2.93. The summed E-state index contributed by atoms with van der Waals surface area (Å²) in [6, 6.07) is 11.2. The Labute approximate surface area is 140 Å². The number of aryl methyl sites for hydroxylation is 1. The van der Waals surface area contributed by atoms with E-state index in [0.29, 0.717) is 12.2 Å². The molecule has 0 fully saturated rings. The highest BCUT2D eigenvalue weighted by atomic mass is 127. The van der Waals surface area contributed by atoms with Gasteiger partial charge in [-0.3, -0.25) is 4.79 Å². The lowest BCUT2D eigenvalue weighted by Crippen LogP contribution is -2.06. The van der Waals surface area contributed by atoms with Crippen molar-refractivity contribution in [1.82, 2.24) is 0 Å². The van der Waals surface area contributed by atoms with Gasteiger partial charge in [0, 0.05) is 19.2 Å². The molecule has 2 rings (SSSR count). The van der Waals surface area contributed by atoms with Crippen LogP contribution >= 0.6 is 38.5 Å². The fourth-order valence-electron chi connectivity index (χ4n) is 1.90. The molecule has 0 atom stereocenters. The van der Waals surface area contributed by atoms with Gasteiger partial charge in [0.1, 0.15) is 5.75 Å². The fraction of sp³-hybridized carbons (Fsp3) is 0.188. The molecule has 104 valence electrons. The average Bonchev–Trinajstić information content (AvgIpc) is 2.42. The molecule has 0 spiro atoms. The van der Waals surface area contributed by atoms with Crippen LogP contribution in [0.3, 0.4) is 0 Å². The van der Waals surface area contributed by atoms with Crippen molar-refractivity contribution in [3.63, 3.8) is 0 Å². The van der Waals surface area contributed by atoms with Crippen molar-refractivity contribution in [2.45, 2.75) is 13.8 Å². The van der Waals surface area contributed by atoms with Crippen molar-refractivity contribution >= 4 is 44.3 Å². The van der Waals surface area contributed by atoms with Crippen LogP contribution in [0.25, 0.3) is 0 Å². The van der Waals surface area contributed by atoms with Crippen LogP contribution in [0.5, 0.6) is 5.75 Å². The Morgan fingerprint density at radius 1 is 1.25 bits per heavy atom. The van der Waals surface area contributed by atoms with E-state index < -0.39 is 0 Å². The zero-order valence-corrected chi connectivity index (χ0v) is 15.0. The zero-order chi connectivity index (χ0) is 14.7. The first kappa shape index (κ1) is 15.5. The molecule has 0 heterocycles. The van der Waals surface area contributed by atoms with Crippen molar-refractivity contribution in [3.8, 4) is 5.75 Å². The van der Waals surface area contributed by atoms with E-state index >= 15 is 0 Å². The second kappa shape index (κ2) is 6.72. The topological polar surface area (TPSA) is 26.3 Å². The van der Waals surface area contributed by atoms with Gasteiger partial charge in [-0.25, -0.2) is 0 Å². The Balaban J connectivity index is 2.41. The molecule has 0 bridgehead atoms. The van der Waals surface area contributed by atoms with E-state index in [1.165, 1.54) is 0 Å². The van der Waals surface area contributed by atoms with Crippen LogP contribution in [0, 0.1) is 10.5 Å². The van der Waals surface area contributed by atoms with Gasteiger partial charge in [-0.05, 0) is 82.2 Å². The minimum Gasteiger partial charge on any atom is -0.494 e. The predicted molar refractivity (Wildman–Crippen MR) is 92.6 cm³/mol. The molecule has 0 N–H and O–H groups in total. The molecule has 0 amide bonds. The Kier molecular flexibility index (Phi) is 5.21. The van der Waals surface area contributed by atoms with E-state index in [-0.39, 0.29) is 5.78 Å². The normalized spacial score (nSPS) is 10.4. The Hall–Kier alpha value is -0.880. The Morgan fingerprint density at radius 3 is 2.65 bits per heavy atom. The summed E-state index contributed by atoms with van der Waals surface area (Å²) in [7, 11) is 0. The summed E-state index contributed by atoms with van der Waals surface area (Å²) in [5, 5.41) is 0. The minimum atomic E-state index is 0.0213. The second-order valence-corrected chi connectivity index (χ2v) is 6.27. The number of ether oxygens (including phenoxy) is 1. The molecule has 0 unspecified atom stereocenters. The van der Waals surface area contributed by atoms with E-state index in [0.717, 1.165) is 24.9 Å². The number of carbonyl (C=O) groups excluding carboxylic acids is 1. The maximum atomic E-state index is 12.6.